The normalized spacial score (nSPS) is 10.6. The Morgan fingerprint density at radius 1 is 1.20 bits per heavy atom. The van der Waals surface area contributed by atoms with Gasteiger partial charge in [0.15, 0.2) is 0 Å². The summed E-state index contributed by atoms with van der Waals surface area (Å²) in [5.41, 5.74) is 4.13. The first-order chi connectivity index (χ1) is 9.63. The lowest BCUT2D eigenvalue weighted by molar-refractivity contribution is 0.805. The van der Waals surface area contributed by atoms with Crippen LogP contribution in [0.1, 0.15) is 23.9 Å². The number of aryl methyl sites for hydroxylation is 1. The van der Waals surface area contributed by atoms with Gasteiger partial charge in [-0.2, -0.15) is 0 Å². The summed E-state index contributed by atoms with van der Waals surface area (Å²) in [6.45, 7) is 5.73. The first-order valence-electron chi connectivity index (χ1n) is 6.66. The molecule has 0 unspecified atom stereocenters. The molecule has 0 saturated heterocycles. The molecule has 4 heteroatoms. The number of aromatic nitrogens is 1. The predicted octanol–water partition coefficient (Wildman–Crippen LogP) is 4.81. The lowest BCUT2D eigenvalue weighted by Crippen LogP contribution is -2.23. The molecule has 106 valence electrons. The van der Waals surface area contributed by atoms with Gasteiger partial charge >= 0.3 is 0 Å². The molecule has 0 fully saturated rings. The van der Waals surface area contributed by atoms with E-state index in [-0.39, 0.29) is 0 Å². The molecule has 0 amide bonds. The number of pyridine rings is 1. The van der Waals surface area contributed by atoms with Gasteiger partial charge in [0, 0.05) is 18.1 Å². The third-order valence-electron chi connectivity index (χ3n) is 3.19. The van der Waals surface area contributed by atoms with Crippen molar-refractivity contribution in [1.82, 2.24) is 4.98 Å². The highest BCUT2D eigenvalue weighted by Crippen LogP contribution is 2.28. The molecule has 0 aliphatic heterocycles. The van der Waals surface area contributed by atoms with Crippen LogP contribution in [-0.2, 0) is 12.4 Å². The molecule has 2 nitrogen and oxygen atoms in total. The van der Waals surface area contributed by atoms with Gasteiger partial charge in [-0.15, -0.1) is 11.6 Å². The van der Waals surface area contributed by atoms with Crippen LogP contribution in [0.3, 0.4) is 0 Å². The van der Waals surface area contributed by atoms with E-state index in [4.69, 9.17) is 23.2 Å². The van der Waals surface area contributed by atoms with Gasteiger partial charge in [0.05, 0.1) is 22.9 Å². The van der Waals surface area contributed by atoms with Crippen LogP contribution < -0.4 is 4.90 Å². The molecule has 0 saturated carbocycles. The van der Waals surface area contributed by atoms with Crippen LogP contribution in [0.5, 0.6) is 0 Å². The summed E-state index contributed by atoms with van der Waals surface area (Å²) in [6.07, 6.45) is 0. The highest BCUT2D eigenvalue weighted by molar-refractivity contribution is 6.33. The molecule has 0 spiro atoms. The number of halogens is 2. The summed E-state index contributed by atoms with van der Waals surface area (Å²) in [4.78, 5) is 6.75. The van der Waals surface area contributed by atoms with Crippen molar-refractivity contribution < 1.29 is 0 Å². The Morgan fingerprint density at radius 2 is 2.00 bits per heavy atom. The van der Waals surface area contributed by atoms with E-state index in [9.17, 15) is 0 Å². The molecular formula is C16H18Cl2N2. The number of rotatable bonds is 5. The topological polar surface area (TPSA) is 16.1 Å². The SMILES string of the molecule is CCN(Cc1cccc(C)n1)c1ccc(CCl)cc1Cl. The Kier molecular flexibility index (Phi) is 5.27. The second kappa shape index (κ2) is 6.96. The predicted molar refractivity (Wildman–Crippen MR) is 86.7 cm³/mol. The zero-order valence-electron chi connectivity index (χ0n) is 11.7. The highest BCUT2D eigenvalue weighted by Gasteiger charge is 2.10. The smallest absolute Gasteiger partial charge is 0.0642 e. The maximum Gasteiger partial charge on any atom is 0.0642 e. The third-order valence-corrected chi connectivity index (χ3v) is 3.80. The average molecular weight is 309 g/mol. The van der Waals surface area contributed by atoms with Gasteiger partial charge in [-0.3, -0.25) is 4.98 Å². The van der Waals surface area contributed by atoms with E-state index in [2.05, 4.69) is 16.8 Å². The van der Waals surface area contributed by atoms with E-state index < -0.39 is 0 Å². The summed E-state index contributed by atoms with van der Waals surface area (Å²) >= 11 is 12.2. The first-order valence-corrected chi connectivity index (χ1v) is 7.57. The van der Waals surface area contributed by atoms with Gasteiger partial charge in [-0.05, 0) is 43.7 Å². The molecule has 0 aliphatic carbocycles. The van der Waals surface area contributed by atoms with Crippen LogP contribution in [0.25, 0.3) is 0 Å². The van der Waals surface area contributed by atoms with Crippen molar-refractivity contribution in [3.05, 3.63) is 58.4 Å². The van der Waals surface area contributed by atoms with Crippen molar-refractivity contribution in [2.45, 2.75) is 26.3 Å². The third kappa shape index (κ3) is 3.65. The van der Waals surface area contributed by atoms with Crippen molar-refractivity contribution in [3.8, 4) is 0 Å². The minimum absolute atomic E-state index is 0.478. The van der Waals surface area contributed by atoms with Crippen LogP contribution >= 0.6 is 23.2 Å². The average Bonchev–Trinajstić information content (AvgIpc) is 2.45. The van der Waals surface area contributed by atoms with Gasteiger partial charge in [0.1, 0.15) is 0 Å². The van der Waals surface area contributed by atoms with E-state index in [0.29, 0.717) is 5.88 Å². The molecule has 0 N–H and O–H groups in total. The number of alkyl halides is 1. The Bertz CT molecular complexity index is 584. The molecule has 0 bridgehead atoms. The number of nitrogens with zero attached hydrogens (tertiary/aromatic N) is 2. The van der Waals surface area contributed by atoms with E-state index >= 15 is 0 Å². The van der Waals surface area contributed by atoms with Crippen molar-refractivity contribution in [3.63, 3.8) is 0 Å². The summed E-state index contributed by atoms with van der Waals surface area (Å²) in [5.74, 6) is 0.478. The largest absolute Gasteiger partial charge is 0.365 e. The maximum atomic E-state index is 6.36. The van der Waals surface area contributed by atoms with Gasteiger partial charge < -0.3 is 4.90 Å². The molecule has 0 radical (unpaired) electrons. The molecule has 0 atom stereocenters. The molecule has 1 heterocycles. The molecule has 2 aromatic rings. The quantitative estimate of drug-likeness (QED) is 0.737. The fourth-order valence-electron chi connectivity index (χ4n) is 2.14. The van der Waals surface area contributed by atoms with Crippen molar-refractivity contribution in [2.75, 3.05) is 11.4 Å². The summed E-state index contributed by atoms with van der Waals surface area (Å²) in [6, 6.07) is 12.0. The van der Waals surface area contributed by atoms with Gasteiger partial charge in [0.2, 0.25) is 0 Å². The Balaban J connectivity index is 2.24. The van der Waals surface area contributed by atoms with Crippen molar-refractivity contribution in [2.24, 2.45) is 0 Å². The van der Waals surface area contributed by atoms with E-state index in [0.717, 1.165) is 40.8 Å². The molecule has 1 aromatic carbocycles. The summed E-state index contributed by atoms with van der Waals surface area (Å²) in [5, 5.41) is 0.734. The molecule has 20 heavy (non-hydrogen) atoms. The number of benzene rings is 1. The van der Waals surface area contributed by atoms with Crippen LogP contribution in [0.2, 0.25) is 5.02 Å². The summed E-state index contributed by atoms with van der Waals surface area (Å²) < 4.78 is 0. The van der Waals surface area contributed by atoms with Crippen molar-refractivity contribution >= 4 is 28.9 Å². The van der Waals surface area contributed by atoms with Crippen LogP contribution in [-0.4, -0.2) is 11.5 Å². The minimum atomic E-state index is 0.478. The highest BCUT2D eigenvalue weighted by atomic mass is 35.5. The Morgan fingerprint density at radius 3 is 2.60 bits per heavy atom. The Labute approximate surface area is 130 Å². The zero-order valence-corrected chi connectivity index (χ0v) is 13.2. The fourth-order valence-corrected chi connectivity index (χ4v) is 2.63. The second-order valence-corrected chi connectivity index (χ2v) is 5.38. The fraction of sp³-hybridized carbons (Fsp3) is 0.312. The van der Waals surface area contributed by atoms with E-state index in [1.165, 1.54) is 0 Å². The van der Waals surface area contributed by atoms with Crippen LogP contribution in [0.4, 0.5) is 5.69 Å². The van der Waals surface area contributed by atoms with E-state index in [1.54, 1.807) is 0 Å². The second-order valence-electron chi connectivity index (χ2n) is 4.70. The number of hydrogen-bond acceptors (Lipinski definition) is 2. The summed E-state index contributed by atoms with van der Waals surface area (Å²) in [7, 11) is 0. The monoisotopic (exact) mass is 308 g/mol. The zero-order chi connectivity index (χ0) is 14.5. The molecule has 2 rings (SSSR count). The lowest BCUT2D eigenvalue weighted by atomic mass is 10.2. The molecular weight excluding hydrogens is 291 g/mol. The maximum absolute atomic E-state index is 6.36. The van der Waals surface area contributed by atoms with Crippen LogP contribution in [0, 0.1) is 6.92 Å². The van der Waals surface area contributed by atoms with Gasteiger partial charge in [0.25, 0.3) is 0 Å². The van der Waals surface area contributed by atoms with Gasteiger partial charge in [-0.1, -0.05) is 23.7 Å². The lowest BCUT2D eigenvalue weighted by Gasteiger charge is -2.24. The molecule has 1 aromatic heterocycles. The molecule has 0 aliphatic rings. The standard InChI is InChI=1S/C16H18Cl2N2/c1-3-20(11-14-6-4-5-12(2)19-14)16-8-7-13(10-17)9-15(16)18/h4-9H,3,10-11H2,1-2H3. The number of hydrogen-bond donors (Lipinski definition) is 0. The van der Waals surface area contributed by atoms with E-state index in [1.807, 2.05) is 43.3 Å². The Hall–Kier alpha value is -1.25. The first kappa shape index (κ1) is 15.1. The van der Waals surface area contributed by atoms with Gasteiger partial charge in [-0.25, -0.2) is 0 Å². The van der Waals surface area contributed by atoms with Crippen molar-refractivity contribution in [1.29, 1.82) is 0 Å². The number of anilines is 1. The van der Waals surface area contributed by atoms with Crippen LogP contribution in [0.15, 0.2) is 36.4 Å². The minimum Gasteiger partial charge on any atom is -0.365 e.